The van der Waals surface area contributed by atoms with Gasteiger partial charge in [-0.05, 0) is 55.1 Å². The zero-order chi connectivity index (χ0) is 24.5. The number of hydrogen-bond donors (Lipinski definition) is 1. The zero-order valence-corrected chi connectivity index (χ0v) is 21.2. The largest absolute Gasteiger partial charge is 0.486 e. The molecule has 5 rings (SSSR count). The quantitative estimate of drug-likeness (QED) is 0.269. The minimum atomic E-state index is -0.250. The van der Waals surface area contributed by atoms with Crippen LogP contribution < -0.4 is 10.3 Å². The Labute approximate surface area is 215 Å². The van der Waals surface area contributed by atoms with Crippen LogP contribution in [0.3, 0.4) is 0 Å². The average Bonchev–Trinajstić information content (AvgIpc) is 3.19. The molecule has 0 amide bonds. The molecule has 0 saturated carbocycles. The minimum Gasteiger partial charge on any atom is -0.486 e. The van der Waals surface area contributed by atoms with Gasteiger partial charge in [-0.1, -0.05) is 59.1 Å². The molecule has 0 fully saturated rings. The molecule has 1 N–H and O–H groups in total. The summed E-state index contributed by atoms with van der Waals surface area (Å²) in [5.41, 5.74) is 3.01. The first-order valence-corrected chi connectivity index (χ1v) is 12.3. The van der Waals surface area contributed by atoms with E-state index in [1.54, 1.807) is 18.2 Å². The number of pyridine rings is 1. The van der Waals surface area contributed by atoms with Crippen LogP contribution in [0.25, 0.3) is 22.0 Å². The van der Waals surface area contributed by atoms with Crippen molar-refractivity contribution in [3.8, 4) is 16.9 Å². The summed E-state index contributed by atoms with van der Waals surface area (Å²) < 4.78 is 7.68. The number of aromatic nitrogens is 4. The van der Waals surface area contributed by atoms with Gasteiger partial charge in [0.2, 0.25) is 0 Å². The molecule has 0 atom stereocenters. The Kier molecular flexibility index (Phi) is 6.56. The van der Waals surface area contributed by atoms with Crippen molar-refractivity contribution < 1.29 is 4.74 Å². The van der Waals surface area contributed by atoms with Crippen LogP contribution in [-0.2, 0) is 13.7 Å². The average molecular weight is 523 g/mol. The Balaban J connectivity index is 1.55. The van der Waals surface area contributed by atoms with Gasteiger partial charge in [0.15, 0.2) is 11.0 Å². The summed E-state index contributed by atoms with van der Waals surface area (Å²) in [5.74, 6) is 1.38. The lowest BCUT2D eigenvalue weighted by atomic mass is 10.0. The summed E-state index contributed by atoms with van der Waals surface area (Å²) in [6.07, 6.45) is 0. The predicted octanol–water partition coefficient (Wildman–Crippen LogP) is 6.67. The van der Waals surface area contributed by atoms with Crippen LogP contribution in [0.1, 0.15) is 11.4 Å². The zero-order valence-electron chi connectivity index (χ0n) is 18.9. The standard InChI is InChI=1S/C26H20Cl2N4O2S/c1-15-7-10-17(11-8-15)34-14-22-30-31-26(32(22)2)35-24-23(18-5-3-4-6-20(18)28)19-13-16(27)9-12-21(19)29-25(24)33/h3-13H,14H2,1-2H3,(H,29,33). The Morgan fingerprint density at radius 3 is 2.57 bits per heavy atom. The molecule has 0 aliphatic carbocycles. The highest BCUT2D eigenvalue weighted by molar-refractivity contribution is 7.99. The van der Waals surface area contributed by atoms with Crippen LogP contribution >= 0.6 is 35.0 Å². The molecule has 0 spiro atoms. The van der Waals surface area contributed by atoms with E-state index in [0.717, 1.165) is 22.3 Å². The van der Waals surface area contributed by atoms with E-state index in [1.807, 2.05) is 67.1 Å². The van der Waals surface area contributed by atoms with E-state index in [1.165, 1.54) is 11.8 Å². The van der Waals surface area contributed by atoms with Crippen LogP contribution in [0.2, 0.25) is 10.0 Å². The van der Waals surface area contributed by atoms with Crippen molar-refractivity contribution in [3.63, 3.8) is 0 Å². The SMILES string of the molecule is Cc1ccc(OCc2nnc(Sc3c(-c4ccccc4Cl)c4cc(Cl)ccc4[nH]c3=O)n2C)cc1. The first-order chi connectivity index (χ1) is 16.9. The lowest BCUT2D eigenvalue weighted by Crippen LogP contribution is -2.11. The van der Waals surface area contributed by atoms with Crippen molar-refractivity contribution in [1.82, 2.24) is 19.7 Å². The highest BCUT2D eigenvalue weighted by atomic mass is 35.5. The summed E-state index contributed by atoms with van der Waals surface area (Å²) in [4.78, 5) is 16.7. The molecule has 35 heavy (non-hydrogen) atoms. The van der Waals surface area contributed by atoms with Gasteiger partial charge in [0.1, 0.15) is 12.4 Å². The molecule has 0 unspecified atom stereocenters. The van der Waals surface area contributed by atoms with Crippen LogP contribution in [-0.4, -0.2) is 19.7 Å². The Bertz CT molecular complexity index is 1600. The van der Waals surface area contributed by atoms with Gasteiger partial charge in [0.05, 0.1) is 4.90 Å². The summed E-state index contributed by atoms with van der Waals surface area (Å²) in [7, 11) is 1.84. The number of fused-ring (bicyclic) bond motifs is 1. The maximum absolute atomic E-state index is 13.2. The molecule has 3 aromatic carbocycles. The smallest absolute Gasteiger partial charge is 0.263 e. The van der Waals surface area contributed by atoms with Gasteiger partial charge in [-0.3, -0.25) is 4.79 Å². The van der Waals surface area contributed by atoms with E-state index in [-0.39, 0.29) is 12.2 Å². The van der Waals surface area contributed by atoms with E-state index in [4.69, 9.17) is 27.9 Å². The second-order valence-electron chi connectivity index (χ2n) is 7.99. The number of nitrogens with one attached hydrogen (secondary N) is 1. The molecule has 9 heteroatoms. The predicted molar refractivity (Wildman–Crippen MR) is 141 cm³/mol. The molecule has 0 bridgehead atoms. The lowest BCUT2D eigenvalue weighted by Gasteiger charge is -2.14. The fraction of sp³-hybridized carbons (Fsp3) is 0.115. The summed E-state index contributed by atoms with van der Waals surface area (Å²) in [5, 5.41) is 11.0. The third-order valence-electron chi connectivity index (χ3n) is 5.58. The van der Waals surface area contributed by atoms with E-state index in [0.29, 0.717) is 37.0 Å². The van der Waals surface area contributed by atoms with Gasteiger partial charge in [-0.15, -0.1) is 10.2 Å². The number of rotatable bonds is 6. The second kappa shape index (κ2) is 9.77. The van der Waals surface area contributed by atoms with Gasteiger partial charge in [0, 0.05) is 39.1 Å². The number of aromatic amines is 1. The molecule has 5 aromatic rings. The molecule has 176 valence electrons. The number of hydrogen-bond acceptors (Lipinski definition) is 5. The van der Waals surface area contributed by atoms with Crippen molar-refractivity contribution >= 4 is 45.9 Å². The Hall–Kier alpha value is -3.26. The van der Waals surface area contributed by atoms with Crippen molar-refractivity contribution in [1.29, 1.82) is 0 Å². The van der Waals surface area contributed by atoms with Gasteiger partial charge in [-0.25, -0.2) is 0 Å². The van der Waals surface area contributed by atoms with Crippen LogP contribution in [0, 0.1) is 6.92 Å². The van der Waals surface area contributed by atoms with Crippen molar-refractivity contribution in [3.05, 3.63) is 98.5 Å². The van der Waals surface area contributed by atoms with Gasteiger partial charge in [-0.2, -0.15) is 0 Å². The summed E-state index contributed by atoms with van der Waals surface area (Å²) >= 11 is 14.1. The first kappa shape index (κ1) is 23.5. The molecule has 2 heterocycles. The maximum atomic E-state index is 13.2. The Morgan fingerprint density at radius 2 is 1.80 bits per heavy atom. The fourth-order valence-corrected chi connectivity index (χ4v) is 5.08. The molecule has 6 nitrogen and oxygen atoms in total. The molecular weight excluding hydrogens is 503 g/mol. The van der Waals surface area contributed by atoms with E-state index in [9.17, 15) is 4.79 Å². The molecule has 0 saturated heterocycles. The lowest BCUT2D eigenvalue weighted by molar-refractivity contribution is 0.290. The Morgan fingerprint density at radius 1 is 1.03 bits per heavy atom. The van der Waals surface area contributed by atoms with Crippen molar-refractivity contribution in [2.24, 2.45) is 7.05 Å². The number of aryl methyl sites for hydroxylation is 1. The van der Waals surface area contributed by atoms with Crippen LogP contribution in [0.15, 0.2) is 81.6 Å². The monoisotopic (exact) mass is 522 g/mol. The third kappa shape index (κ3) is 4.80. The van der Waals surface area contributed by atoms with E-state index < -0.39 is 0 Å². The second-order valence-corrected chi connectivity index (χ2v) is 9.81. The molecule has 0 radical (unpaired) electrons. The topological polar surface area (TPSA) is 72.8 Å². The normalized spacial score (nSPS) is 11.2. The number of halogens is 2. The summed E-state index contributed by atoms with van der Waals surface area (Å²) in [6, 6.07) is 20.6. The maximum Gasteiger partial charge on any atom is 0.263 e. The molecule has 2 aromatic heterocycles. The number of H-pyrrole nitrogens is 1. The highest BCUT2D eigenvalue weighted by Gasteiger charge is 2.21. The van der Waals surface area contributed by atoms with Gasteiger partial charge in [0.25, 0.3) is 5.56 Å². The molecular formula is C26H20Cl2N4O2S. The fourth-order valence-electron chi connectivity index (χ4n) is 3.71. The molecule has 0 aliphatic rings. The van der Waals surface area contributed by atoms with Crippen molar-refractivity contribution in [2.75, 3.05) is 0 Å². The highest BCUT2D eigenvalue weighted by Crippen LogP contribution is 2.40. The first-order valence-electron chi connectivity index (χ1n) is 10.8. The summed E-state index contributed by atoms with van der Waals surface area (Å²) in [6.45, 7) is 2.27. The minimum absolute atomic E-state index is 0.244. The van der Waals surface area contributed by atoms with E-state index in [2.05, 4.69) is 15.2 Å². The number of nitrogens with zero attached hydrogens (tertiary/aromatic N) is 3. The number of ether oxygens (including phenoxy) is 1. The van der Waals surface area contributed by atoms with Crippen LogP contribution in [0.4, 0.5) is 0 Å². The van der Waals surface area contributed by atoms with Gasteiger partial charge >= 0.3 is 0 Å². The van der Waals surface area contributed by atoms with Crippen molar-refractivity contribution in [2.45, 2.75) is 23.6 Å². The van der Waals surface area contributed by atoms with E-state index >= 15 is 0 Å². The van der Waals surface area contributed by atoms with Gasteiger partial charge < -0.3 is 14.3 Å². The number of benzene rings is 3. The molecule has 0 aliphatic heterocycles. The van der Waals surface area contributed by atoms with Crippen LogP contribution in [0.5, 0.6) is 5.75 Å². The third-order valence-corrected chi connectivity index (χ3v) is 7.28.